The van der Waals surface area contributed by atoms with Gasteiger partial charge in [0.1, 0.15) is 0 Å². The van der Waals surface area contributed by atoms with Crippen molar-refractivity contribution in [3.63, 3.8) is 0 Å². The summed E-state index contributed by atoms with van der Waals surface area (Å²) >= 11 is 0. The zero-order valence-corrected chi connectivity index (χ0v) is 11.6. The molecule has 1 amide bonds. The molecule has 5 heteroatoms. The molecule has 3 N–H and O–H groups in total. The van der Waals surface area contributed by atoms with Gasteiger partial charge in [-0.15, -0.1) is 0 Å². The first-order valence-electron chi connectivity index (χ1n) is 6.95. The monoisotopic (exact) mass is 272 g/mol. The van der Waals surface area contributed by atoms with Gasteiger partial charge in [-0.1, -0.05) is 11.8 Å². The Labute approximate surface area is 119 Å². The Morgan fingerprint density at radius 3 is 3.00 bits per heavy atom. The van der Waals surface area contributed by atoms with E-state index in [0.29, 0.717) is 17.7 Å². The first-order chi connectivity index (χ1) is 9.81. The molecule has 0 bridgehead atoms. The molecule has 1 saturated heterocycles. The Hall–Kier alpha value is -1.90. The number of pyridine rings is 1. The van der Waals surface area contributed by atoms with Gasteiger partial charge < -0.3 is 16.0 Å². The third-order valence-electron chi connectivity index (χ3n) is 3.30. The Morgan fingerprint density at radius 1 is 1.45 bits per heavy atom. The Kier molecular flexibility index (Phi) is 5.54. The van der Waals surface area contributed by atoms with Crippen LogP contribution in [-0.2, 0) is 0 Å². The number of rotatable bonds is 4. The van der Waals surface area contributed by atoms with Crippen molar-refractivity contribution in [1.82, 2.24) is 15.2 Å². The van der Waals surface area contributed by atoms with Gasteiger partial charge in [0.05, 0.1) is 17.7 Å². The van der Waals surface area contributed by atoms with E-state index < -0.39 is 0 Å². The summed E-state index contributed by atoms with van der Waals surface area (Å²) in [6.45, 7) is 4.10. The van der Waals surface area contributed by atoms with E-state index in [0.717, 1.165) is 19.6 Å². The maximum atomic E-state index is 12.1. The summed E-state index contributed by atoms with van der Waals surface area (Å²) in [6.07, 6.45) is 5.72. The number of nitrogens with zero attached hydrogens (tertiary/aromatic N) is 2. The van der Waals surface area contributed by atoms with E-state index in [-0.39, 0.29) is 12.5 Å². The summed E-state index contributed by atoms with van der Waals surface area (Å²) in [5.41, 5.74) is 6.53. The van der Waals surface area contributed by atoms with E-state index in [2.05, 4.69) is 27.0 Å². The molecule has 0 spiro atoms. The number of carbonyl (C=O) groups excluding carboxylic acids is 1. The van der Waals surface area contributed by atoms with Crippen molar-refractivity contribution in [2.75, 3.05) is 32.7 Å². The van der Waals surface area contributed by atoms with Gasteiger partial charge in [0.25, 0.3) is 5.91 Å². The number of hydrogen-bond donors (Lipinski definition) is 2. The van der Waals surface area contributed by atoms with E-state index in [1.54, 1.807) is 18.5 Å². The van der Waals surface area contributed by atoms with Gasteiger partial charge >= 0.3 is 0 Å². The first-order valence-corrected chi connectivity index (χ1v) is 6.95. The molecular weight excluding hydrogens is 252 g/mol. The molecule has 1 fully saturated rings. The predicted octanol–water partition coefficient (Wildman–Crippen LogP) is 0.217. The second-order valence-electron chi connectivity index (χ2n) is 4.73. The highest BCUT2D eigenvalue weighted by Crippen LogP contribution is 2.07. The number of aromatic nitrogens is 1. The first kappa shape index (κ1) is 14.5. The normalized spacial score (nSPS) is 14.7. The molecule has 2 heterocycles. The molecule has 5 nitrogen and oxygen atoms in total. The molecule has 0 aliphatic carbocycles. The minimum absolute atomic E-state index is 0.104. The standard InChI is InChI=1S/C15H20N4O/c16-6-3-4-13-12-17-7-5-14(13)15(20)18-8-11-19-9-1-2-10-19/h5,7,12H,1-2,6,8-11,16H2,(H,18,20). The van der Waals surface area contributed by atoms with Gasteiger partial charge in [-0.05, 0) is 32.0 Å². The number of carbonyl (C=O) groups is 1. The lowest BCUT2D eigenvalue weighted by atomic mass is 10.1. The third-order valence-corrected chi connectivity index (χ3v) is 3.30. The summed E-state index contributed by atoms with van der Waals surface area (Å²) in [4.78, 5) is 18.5. The van der Waals surface area contributed by atoms with Gasteiger partial charge in [0, 0.05) is 25.5 Å². The van der Waals surface area contributed by atoms with Crippen LogP contribution < -0.4 is 11.1 Å². The average Bonchev–Trinajstić information content (AvgIpc) is 2.98. The Balaban J connectivity index is 1.91. The summed E-state index contributed by atoms with van der Waals surface area (Å²) in [5, 5.41) is 2.94. The van der Waals surface area contributed by atoms with E-state index >= 15 is 0 Å². The van der Waals surface area contributed by atoms with Crippen molar-refractivity contribution in [3.8, 4) is 11.8 Å². The third kappa shape index (κ3) is 4.05. The lowest BCUT2D eigenvalue weighted by Crippen LogP contribution is -2.33. The highest BCUT2D eigenvalue weighted by Gasteiger charge is 2.13. The molecule has 106 valence electrons. The zero-order valence-electron chi connectivity index (χ0n) is 11.6. The topological polar surface area (TPSA) is 71.2 Å². The predicted molar refractivity (Wildman–Crippen MR) is 78.2 cm³/mol. The second kappa shape index (κ2) is 7.63. The molecule has 1 aromatic rings. The maximum absolute atomic E-state index is 12.1. The van der Waals surface area contributed by atoms with Crippen LogP contribution in [-0.4, -0.2) is 48.5 Å². The SMILES string of the molecule is NCC#Cc1cnccc1C(=O)NCCN1CCCC1. The van der Waals surface area contributed by atoms with Crippen molar-refractivity contribution in [3.05, 3.63) is 29.6 Å². The van der Waals surface area contributed by atoms with Crippen LogP contribution in [0.25, 0.3) is 0 Å². The molecule has 0 unspecified atom stereocenters. The second-order valence-corrected chi connectivity index (χ2v) is 4.73. The highest BCUT2D eigenvalue weighted by molar-refractivity contribution is 5.96. The van der Waals surface area contributed by atoms with Crippen LogP contribution in [0.2, 0.25) is 0 Å². The van der Waals surface area contributed by atoms with Gasteiger partial charge in [0.15, 0.2) is 0 Å². The Bertz CT molecular complexity index is 512. The molecule has 20 heavy (non-hydrogen) atoms. The van der Waals surface area contributed by atoms with E-state index in [1.165, 1.54) is 12.8 Å². The van der Waals surface area contributed by atoms with Crippen LogP contribution >= 0.6 is 0 Å². The lowest BCUT2D eigenvalue weighted by Gasteiger charge is -2.14. The van der Waals surface area contributed by atoms with E-state index in [1.807, 2.05) is 0 Å². The molecule has 1 aliphatic rings. The number of hydrogen-bond acceptors (Lipinski definition) is 4. The van der Waals surface area contributed by atoms with Gasteiger partial charge in [0.2, 0.25) is 0 Å². The van der Waals surface area contributed by atoms with Crippen molar-refractivity contribution in [2.45, 2.75) is 12.8 Å². The average molecular weight is 272 g/mol. The molecular formula is C15H20N4O. The molecule has 1 aliphatic heterocycles. The maximum Gasteiger partial charge on any atom is 0.252 e. The van der Waals surface area contributed by atoms with Gasteiger partial charge in [-0.2, -0.15) is 0 Å². The molecule has 0 atom stereocenters. The van der Waals surface area contributed by atoms with E-state index in [4.69, 9.17) is 5.73 Å². The van der Waals surface area contributed by atoms with Gasteiger partial charge in [-0.3, -0.25) is 9.78 Å². The number of nitrogens with one attached hydrogen (secondary N) is 1. The summed E-state index contributed by atoms with van der Waals surface area (Å²) in [6, 6.07) is 1.69. The summed E-state index contributed by atoms with van der Waals surface area (Å²) in [7, 11) is 0. The molecule has 0 saturated carbocycles. The largest absolute Gasteiger partial charge is 0.351 e. The minimum Gasteiger partial charge on any atom is -0.351 e. The zero-order chi connectivity index (χ0) is 14.2. The minimum atomic E-state index is -0.104. The van der Waals surface area contributed by atoms with Crippen molar-refractivity contribution in [2.24, 2.45) is 5.73 Å². The van der Waals surface area contributed by atoms with Crippen LogP contribution in [0.15, 0.2) is 18.5 Å². The van der Waals surface area contributed by atoms with Crippen LogP contribution in [0.5, 0.6) is 0 Å². The fourth-order valence-corrected chi connectivity index (χ4v) is 2.27. The van der Waals surface area contributed by atoms with E-state index in [9.17, 15) is 4.79 Å². The number of nitrogens with two attached hydrogens (primary N) is 1. The smallest absolute Gasteiger partial charge is 0.252 e. The van der Waals surface area contributed by atoms with Crippen LogP contribution in [0.1, 0.15) is 28.8 Å². The van der Waals surface area contributed by atoms with Crippen LogP contribution in [0.4, 0.5) is 0 Å². The molecule has 1 aromatic heterocycles. The van der Waals surface area contributed by atoms with Crippen molar-refractivity contribution in [1.29, 1.82) is 0 Å². The highest BCUT2D eigenvalue weighted by atomic mass is 16.1. The summed E-state index contributed by atoms with van der Waals surface area (Å²) in [5.74, 6) is 5.52. The molecule has 2 rings (SSSR count). The van der Waals surface area contributed by atoms with Crippen LogP contribution in [0, 0.1) is 11.8 Å². The lowest BCUT2D eigenvalue weighted by molar-refractivity contribution is 0.0949. The quantitative estimate of drug-likeness (QED) is 0.769. The van der Waals surface area contributed by atoms with Crippen LogP contribution in [0.3, 0.4) is 0 Å². The summed E-state index contributed by atoms with van der Waals surface area (Å²) < 4.78 is 0. The molecule has 0 radical (unpaired) electrons. The number of amides is 1. The van der Waals surface area contributed by atoms with Crippen molar-refractivity contribution < 1.29 is 4.79 Å². The Morgan fingerprint density at radius 2 is 2.25 bits per heavy atom. The molecule has 0 aromatic carbocycles. The fraction of sp³-hybridized carbons (Fsp3) is 0.467. The van der Waals surface area contributed by atoms with Crippen molar-refractivity contribution >= 4 is 5.91 Å². The fourth-order valence-electron chi connectivity index (χ4n) is 2.27. The van der Waals surface area contributed by atoms with Gasteiger partial charge in [-0.25, -0.2) is 0 Å². The number of likely N-dealkylation sites (tertiary alicyclic amines) is 1.